The summed E-state index contributed by atoms with van der Waals surface area (Å²) in [6.07, 6.45) is 0.723. The molecule has 2 N–H and O–H groups in total. The molecule has 0 bridgehead atoms. The Morgan fingerprint density at radius 2 is 2.00 bits per heavy atom. The third-order valence-electron chi connectivity index (χ3n) is 2.58. The van der Waals surface area contributed by atoms with Gasteiger partial charge >= 0.3 is 0 Å². The van der Waals surface area contributed by atoms with Gasteiger partial charge in [0.2, 0.25) is 6.41 Å². The van der Waals surface area contributed by atoms with Crippen LogP contribution in [-0.2, 0) is 4.79 Å². The second kappa shape index (κ2) is 4.79. The zero-order valence-corrected chi connectivity index (χ0v) is 8.57. The Bertz CT molecular complexity index is 334. The van der Waals surface area contributed by atoms with Gasteiger partial charge in [0.15, 0.2) is 0 Å². The average molecular weight is 205 g/mol. The molecule has 2 rings (SSSR count). The molecule has 1 saturated heterocycles. The SMILES string of the molecule is O=CNc1ccccc1N1CCNCC1. The zero-order chi connectivity index (χ0) is 10.5. The molecular formula is C11H15N3O. The predicted molar refractivity (Wildman–Crippen MR) is 61.2 cm³/mol. The molecule has 1 fully saturated rings. The summed E-state index contributed by atoms with van der Waals surface area (Å²) in [6, 6.07) is 7.88. The Hall–Kier alpha value is -1.55. The first-order chi connectivity index (χ1) is 7.42. The normalized spacial score (nSPS) is 16.1. The van der Waals surface area contributed by atoms with Crippen LogP contribution in [-0.4, -0.2) is 32.6 Å². The zero-order valence-electron chi connectivity index (χ0n) is 8.57. The number of hydrogen-bond donors (Lipinski definition) is 2. The first kappa shape index (κ1) is 9.98. The van der Waals surface area contributed by atoms with Crippen LogP contribution < -0.4 is 15.5 Å². The molecule has 1 aliphatic rings. The highest BCUT2D eigenvalue weighted by atomic mass is 16.1. The number of carbonyl (C=O) groups is 1. The third-order valence-corrected chi connectivity index (χ3v) is 2.58. The molecule has 80 valence electrons. The minimum absolute atomic E-state index is 0.723. The molecule has 1 aromatic carbocycles. The number of benzene rings is 1. The number of carbonyl (C=O) groups excluding carboxylic acids is 1. The van der Waals surface area contributed by atoms with Crippen molar-refractivity contribution in [2.24, 2.45) is 0 Å². The highest BCUT2D eigenvalue weighted by Gasteiger charge is 2.12. The van der Waals surface area contributed by atoms with Gasteiger partial charge in [0.05, 0.1) is 11.4 Å². The highest BCUT2D eigenvalue weighted by Crippen LogP contribution is 2.24. The number of nitrogens with zero attached hydrogens (tertiary/aromatic N) is 1. The standard InChI is InChI=1S/C11H15N3O/c15-9-13-10-3-1-2-4-11(10)14-7-5-12-6-8-14/h1-4,9,12H,5-8H2,(H,13,15). The fraction of sp³-hybridized carbons (Fsp3) is 0.364. The van der Waals surface area contributed by atoms with E-state index in [-0.39, 0.29) is 0 Å². The van der Waals surface area contributed by atoms with Crippen molar-refractivity contribution in [3.63, 3.8) is 0 Å². The van der Waals surface area contributed by atoms with Crippen LogP contribution in [0.4, 0.5) is 11.4 Å². The van der Waals surface area contributed by atoms with E-state index >= 15 is 0 Å². The van der Waals surface area contributed by atoms with E-state index in [0.29, 0.717) is 0 Å². The van der Waals surface area contributed by atoms with Gasteiger partial charge in [0.25, 0.3) is 0 Å². The Kier molecular flexibility index (Phi) is 3.19. The number of amides is 1. The topological polar surface area (TPSA) is 44.4 Å². The molecule has 1 aliphatic heterocycles. The molecule has 0 aliphatic carbocycles. The summed E-state index contributed by atoms with van der Waals surface area (Å²) in [4.78, 5) is 12.7. The van der Waals surface area contributed by atoms with Crippen LogP contribution in [0, 0.1) is 0 Å². The van der Waals surface area contributed by atoms with Crippen molar-refractivity contribution in [3.8, 4) is 0 Å². The molecule has 0 unspecified atom stereocenters. The Balaban J connectivity index is 2.20. The van der Waals surface area contributed by atoms with Gasteiger partial charge in [0.1, 0.15) is 0 Å². The summed E-state index contributed by atoms with van der Waals surface area (Å²) in [7, 11) is 0. The van der Waals surface area contributed by atoms with Crippen LogP contribution in [0.5, 0.6) is 0 Å². The van der Waals surface area contributed by atoms with Crippen LogP contribution in [0.2, 0.25) is 0 Å². The molecule has 1 aromatic rings. The van der Waals surface area contributed by atoms with E-state index in [0.717, 1.165) is 44.0 Å². The van der Waals surface area contributed by atoms with Crippen molar-refractivity contribution < 1.29 is 4.79 Å². The second-order valence-corrected chi connectivity index (χ2v) is 3.52. The number of piperazine rings is 1. The molecule has 15 heavy (non-hydrogen) atoms. The molecule has 0 atom stereocenters. The van der Waals surface area contributed by atoms with E-state index in [2.05, 4.69) is 15.5 Å². The summed E-state index contributed by atoms with van der Waals surface area (Å²) in [5, 5.41) is 6.04. The lowest BCUT2D eigenvalue weighted by molar-refractivity contribution is -0.105. The van der Waals surface area contributed by atoms with Gasteiger partial charge in [-0.3, -0.25) is 4.79 Å². The van der Waals surface area contributed by atoms with E-state index in [4.69, 9.17) is 0 Å². The van der Waals surface area contributed by atoms with Crippen LogP contribution in [0.25, 0.3) is 0 Å². The molecule has 1 heterocycles. The van der Waals surface area contributed by atoms with Gasteiger partial charge in [-0.25, -0.2) is 0 Å². The molecule has 0 saturated carbocycles. The van der Waals surface area contributed by atoms with Crippen molar-refractivity contribution in [3.05, 3.63) is 24.3 Å². The smallest absolute Gasteiger partial charge is 0.211 e. The fourth-order valence-electron chi connectivity index (χ4n) is 1.84. The maximum Gasteiger partial charge on any atom is 0.211 e. The minimum Gasteiger partial charge on any atom is -0.367 e. The van der Waals surface area contributed by atoms with Crippen molar-refractivity contribution in [1.82, 2.24) is 5.32 Å². The van der Waals surface area contributed by atoms with Gasteiger partial charge in [-0.1, -0.05) is 12.1 Å². The number of para-hydroxylation sites is 2. The number of hydrogen-bond acceptors (Lipinski definition) is 3. The van der Waals surface area contributed by atoms with Crippen molar-refractivity contribution in [1.29, 1.82) is 0 Å². The molecule has 0 aromatic heterocycles. The van der Waals surface area contributed by atoms with E-state index < -0.39 is 0 Å². The summed E-state index contributed by atoms with van der Waals surface area (Å²) < 4.78 is 0. The summed E-state index contributed by atoms with van der Waals surface area (Å²) >= 11 is 0. The third kappa shape index (κ3) is 2.27. The fourth-order valence-corrected chi connectivity index (χ4v) is 1.84. The number of rotatable bonds is 3. The quantitative estimate of drug-likeness (QED) is 0.713. The second-order valence-electron chi connectivity index (χ2n) is 3.52. The van der Waals surface area contributed by atoms with Gasteiger partial charge < -0.3 is 15.5 Å². The first-order valence-corrected chi connectivity index (χ1v) is 5.16. The molecule has 0 spiro atoms. The molecular weight excluding hydrogens is 190 g/mol. The maximum absolute atomic E-state index is 10.5. The summed E-state index contributed by atoms with van der Waals surface area (Å²) in [5.41, 5.74) is 1.99. The first-order valence-electron chi connectivity index (χ1n) is 5.16. The van der Waals surface area contributed by atoms with E-state index in [9.17, 15) is 4.79 Å². The van der Waals surface area contributed by atoms with E-state index in [1.165, 1.54) is 0 Å². The van der Waals surface area contributed by atoms with Gasteiger partial charge in [-0.2, -0.15) is 0 Å². The number of anilines is 2. The van der Waals surface area contributed by atoms with Crippen LogP contribution in [0.3, 0.4) is 0 Å². The Morgan fingerprint density at radius 1 is 1.27 bits per heavy atom. The maximum atomic E-state index is 10.5. The summed E-state index contributed by atoms with van der Waals surface area (Å²) in [6.45, 7) is 3.96. The molecule has 0 radical (unpaired) electrons. The van der Waals surface area contributed by atoms with Crippen LogP contribution in [0.15, 0.2) is 24.3 Å². The monoisotopic (exact) mass is 205 g/mol. The lowest BCUT2D eigenvalue weighted by atomic mass is 10.2. The van der Waals surface area contributed by atoms with Gasteiger partial charge in [-0.05, 0) is 12.1 Å². The minimum atomic E-state index is 0.723. The lowest BCUT2D eigenvalue weighted by Crippen LogP contribution is -2.43. The van der Waals surface area contributed by atoms with Crippen LogP contribution >= 0.6 is 0 Å². The summed E-state index contributed by atoms with van der Waals surface area (Å²) in [5.74, 6) is 0. The molecule has 4 heteroatoms. The Morgan fingerprint density at radius 3 is 2.73 bits per heavy atom. The highest BCUT2D eigenvalue weighted by molar-refractivity contribution is 5.81. The van der Waals surface area contributed by atoms with E-state index in [1.807, 2.05) is 24.3 Å². The predicted octanol–water partition coefficient (Wildman–Crippen LogP) is 0.664. The molecule has 4 nitrogen and oxygen atoms in total. The average Bonchev–Trinajstić information content (AvgIpc) is 2.31. The van der Waals surface area contributed by atoms with E-state index in [1.54, 1.807) is 0 Å². The Labute approximate surface area is 89.3 Å². The molecule has 1 amide bonds. The largest absolute Gasteiger partial charge is 0.367 e. The van der Waals surface area contributed by atoms with Crippen molar-refractivity contribution in [2.75, 3.05) is 36.4 Å². The number of nitrogens with one attached hydrogen (secondary N) is 2. The van der Waals surface area contributed by atoms with Crippen LogP contribution in [0.1, 0.15) is 0 Å². The lowest BCUT2D eigenvalue weighted by Gasteiger charge is -2.30. The van der Waals surface area contributed by atoms with Crippen molar-refractivity contribution in [2.45, 2.75) is 0 Å². The van der Waals surface area contributed by atoms with Gasteiger partial charge in [-0.15, -0.1) is 0 Å². The van der Waals surface area contributed by atoms with Gasteiger partial charge in [0, 0.05) is 26.2 Å². The van der Waals surface area contributed by atoms with Crippen molar-refractivity contribution >= 4 is 17.8 Å².